The van der Waals surface area contributed by atoms with Gasteiger partial charge in [0.25, 0.3) is 10.0 Å². The van der Waals surface area contributed by atoms with Crippen LogP contribution in [0.2, 0.25) is 0 Å². The van der Waals surface area contributed by atoms with Crippen LogP contribution in [0, 0.1) is 0 Å². The molecule has 0 fully saturated rings. The molecule has 0 amide bonds. The lowest BCUT2D eigenvalue weighted by Crippen LogP contribution is -2.22. The number of halogens is 1. The fraction of sp³-hybridized carbons (Fsp3) is 0.154. The van der Waals surface area contributed by atoms with Gasteiger partial charge in [0.15, 0.2) is 0 Å². The van der Waals surface area contributed by atoms with Crippen LogP contribution < -0.4 is 5.32 Å². The Morgan fingerprint density at radius 1 is 0.909 bits per heavy atom. The van der Waals surface area contributed by atoms with Gasteiger partial charge in [-0.25, -0.2) is 0 Å². The van der Waals surface area contributed by atoms with Crippen molar-refractivity contribution >= 4 is 43.1 Å². The number of nitrogens with one attached hydrogen (secondary N) is 1. The molecule has 0 spiro atoms. The minimum absolute atomic E-state index is 0.0816. The Bertz CT molecular complexity index is 1340. The van der Waals surface area contributed by atoms with Gasteiger partial charge >= 0.3 is 0 Å². The van der Waals surface area contributed by atoms with Crippen LogP contribution in [0.25, 0.3) is 0 Å². The van der Waals surface area contributed by atoms with Crippen molar-refractivity contribution in [3.63, 3.8) is 0 Å². The van der Waals surface area contributed by atoms with Crippen LogP contribution in [0.5, 0.6) is 0 Å². The molecule has 0 saturated carbocycles. The maximum atomic E-state index is 13.1. The van der Waals surface area contributed by atoms with E-state index < -0.39 is 10.0 Å². The average molecular weight is 523 g/mol. The Hall–Kier alpha value is -3.03. The highest BCUT2D eigenvalue weighted by Gasteiger charge is 2.26. The molecule has 1 aliphatic carbocycles. The second kappa shape index (κ2) is 9.85. The number of Topliss-reactive ketones (excluding diaryl/α,β-unsaturated/α-hetero) is 1. The van der Waals surface area contributed by atoms with Gasteiger partial charge in [0.05, 0.1) is 16.3 Å². The molecular formula is C26H23BrN2O3S. The molecule has 0 saturated heterocycles. The molecule has 5 nitrogen and oxygen atoms in total. The quantitative estimate of drug-likeness (QED) is 0.403. The highest BCUT2D eigenvalue weighted by atomic mass is 79.9. The second-order valence-electron chi connectivity index (χ2n) is 7.76. The molecule has 0 radical (unpaired) electrons. The van der Waals surface area contributed by atoms with Crippen molar-refractivity contribution in [2.45, 2.75) is 31.1 Å². The summed E-state index contributed by atoms with van der Waals surface area (Å²) in [4.78, 5) is 13.2. The molecule has 0 bridgehead atoms. The van der Waals surface area contributed by atoms with Gasteiger partial charge in [-0.3, -0.25) is 4.79 Å². The van der Waals surface area contributed by atoms with Gasteiger partial charge in [-0.15, -0.1) is 0 Å². The number of nitrogens with zero attached hydrogens (tertiary/aromatic N) is 1. The van der Waals surface area contributed by atoms with Gasteiger partial charge in [0.1, 0.15) is 0 Å². The SMILES string of the molecule is CCCCc1ccc(NC2=C/C(=N/S(=O)(=O)c3ccc(Br)cc3)c3ccccc3C2=O)cc1. The number of carbonyl (C=O) groups excluding carboxylic acids is 1. The number of benzene rings is 3. The van der Waals surface area contributed by atoms with E-state index in [1.54, 1.807) is 36.4 Å². The lowest BCUT2D eigenvalue weighted by Gasteiger charge is -2.19. The summed E-state index contributed by atoms with van der Waals surface area (Å²) in [6.45, 7) is 2.16. The van der Waals surface area contributed by atoms with Gasteiger partial charge in [0.2, 0.25) is 5.78 Å². The third kappa shape index (κ3) is 5.31. The molecule has 0 aromatic heterocycles. The summed E-state index contributed by atoms with van der Waals surface area (Å²) in [5.74, 6) is -0.208. The highest BCUT2D eigenvalue weighted by molar-refractivity contribution is 9.10. The normalized spacial score (nSPS) is 14.7. The number of unbranched alkanes of at least 4 members (excludes halogenated alkanes) is 1. The van der Waals surface area contributed by atoms with Crippen LogP contribution in [0.4, 0.5) is 5.69 Å². The monoisotopic (exact) mass is 522 g/mol. The molecule has 3 aromatic carbocycles. The Kier molecular flexibility index (Phi) is 6.91. The van der Waals surface area contributed by atoms with Crippen LogP contribution in [0.1, 0.15) is 41.3 Å². The summed E-state index contributed by atoms with van der Waals surface area (Å²) in [5, 5.41) is 3.15. The number of hydrogen-bond acceptors (Lipinski definition) is 4. The van der Waals surface area contributed by atoms with Crippen molar-refractivity contribution in [3.8, 4) is 0 Å². The maximum absolute atomic E-state index is 13.1. The summed E-state index contributed by atoms with van der Waals surface area (Å²) in [6, 6.07) is 21.1. The van der Waals surface area contributed by atoms with Crippen molar-refractivity contribution in [3.05, 3.63) is 106 Å². The van der Waals surface area contributed by atoms with Crippen LogP contribution in [-0.4, -0.2) is 19.9 Å². The molecule has 0 aliphatic heterocycles. The Balaban J connectivity index is 1.70. The summed E-state index contributed by atoms with van der Waals surface area (Å²) < 4.78 is 30.8. The Morgan fingerprint density at radius 3 is 2.24 bits per heavy atom. The van der Waals surface area contributed by atoms with Crippen LogP contribution in [-0.2, 0) is 16.4 Å². The van der Waals surface area contributed by atoms with E-state index in [4.69, 9.17) is 0 Å². The highest BCUT2D eigenvalue weighted by Crippen LogP contribution is 2.26. The molecule has 7 heteroatoms. The van der Waals surface area contributed by atoms with Crippen molar-refractivity contribution in [1.29, 1.82) is 0 Å². The zero-order valence-corrected chi connectivity index (χ0v) is 20.5. The topological polar surface area (TPSA) is 75.6 Å². The van der Waals surface area contributed by atoms with E-state index in [0.29, 0.717) is 11.1 Å². The van der Waals surface area contributed by atoms with E-state index in [-0.39, 0.29) is 22.1 Å². The fourth-order valence-corrected chi connectivity index (χ4v) is 4.84. The Labute approximate surface area is 202 Å². The third-order valence-corrected chi connectivity index (χ3v) is 7.19. The number of aryl methyl sites for hydroxylation is 1. The summed E-state index contributed by atoms with van der Waals surface area (Å²) >= 11 is 3.31. The first kappa shape index (κ1) is 23.1. The molecule has 3 aromatic rings. The first-order chi connectivity index (χ1) is 15.9. The molecule has 33 heavy (non-hydrogen) atoms. The lowest BCUT2D eigenvalue weighted by molar-refractivity contribution is 0.103. The van der Waals surface area contributed by atoms with E-state index in [0.717, 1.165) is 29.4 Å². The minimum atomic E-state index is -3.96. The number of anilines is 1. The van der Waals surface area contributed by atoms with E-state index in [1.165, 1.54) is 23.8 Å². The molecule has 0 heterocycles. The van der Waals surface area contributed by atoms with E-state index in [1.807, 2.05) is 24.3 Å². The zero-order chi connectivity index (χ0) is 23.4. The molecule has 168 valence electrons. The standard InChI is InChI=1S/C26H23BrN2O3S/c1-2-3-6-18-9-13-20(14-10-18)28-25-17-24(22-7-4-5-8-23(22)26(25)30)29-33(31,32)21-15-11-19(27)12-16-21/h4-5,7-17,28H,2-3,6H2,1H3/b29-24-. The van der Waals surface area contributed by atoms with Gasteiger partial charge in [-0.2, -0.15) is 12.8 Å². The first-order valence-corrected chi connectivity index (χ1v) is 12.9. The lowest BCUT2D eigenvalue weighted by atomic mass is 9.92. The summed E-state index contributed by atoms with van der Waals surface area (Å²) in [6.07, 6.45) is 4.77. The van der Waals surface area contributed by atoms with Crippen molar-refractivity contribution in [2.75, 3.05) is 5.32 Å². The summed E-state index contributed by atoms with van der Waals surface area (Å²) in [5.41, 5.74) is 3.38. The maximum Gasteiger partial charge on any atom is 0.282 e. The van der Waals surface area contributed by atoms with E-state index in [2.05, 4.69) is 32.6 Å². The average Bonchev–Trinajstić information content (AvgIpc) is 2.82. The van der Waals surface area contributed by atoms with Crippen LogP contribution >= 0.6 is 15.9 Å². The Morgan fingerprint density at radius 2 is 1.58 bits per heavy atom. The van der Waals surface area contributed by atoms with Gasteiger partial charge < -0.3 is 5.32 Å². The van der Waals surface area contributed by atoms with Gasteiger partial charge in [-0.05, 0) is 60.9 Å². The molecule has 0 atom stereocenters. The first-order valence-electron chi connectivity index (χ1n) is 10.7. The van der Waals surface area contributed by atoms with Crippen molar-refractivity contribution < 1.29 is 13.2 Å². The molecule has 4 rings (SSSR count). The zero-order valence-electron chi connectivity index (χ0n) is 18.1. The minimum Gasteiger partial charge on any atom is -0.352 e. The number of fused-ring (bicyclic) bond motifs is 1. The van der Waals surface area contributed by atoms with Crippen LogP contribution in [0.15, 0.2) is 98.3 Å². The molecule has 1 N–H and O–H groups in total. The second-order valence-corrected chi connectivity index (χ2v) is 10.3. The number of carbonyl (C=O) groups is 1. The van der Waals surface area contributed by atoms with E-state index in [9.17, 15) is 13.2 Å². The predicted molar refractivity (Wildman–Crippen MR) is 135 cm³/mol. The molecule has 0 unspecified atom stereocenters. The molecular weight excluding hydrogens is 500 g/mol. The van der Waals surface area contributed by atoms with Gasteiger partial charge in [0, 0.05) is 21.3 Å². The predicted octanol–water partition coefficient (Wildman–Crippen LogP) is 6.16. The fourth-order valence-electron chi connectivity index (χ4n) is 3.58. The summed E-state index contributed by atoms with van der Waals surface area (Å²) in [7, 11) is -3.96. The smallest absolute Gasteiger partial charge is 0.282 e. The number of hydrogen-bond donors (Lipinski definition) is 1. The number of allylic oxidation sites excluding steroid dienone is 2. The largest absolute Gasteiger partial charge is 0.352 e. The number of sulfonamides is 1. The van der Waals surface area contributed by atoms with Crippen molar-refractivity contribution in [1.82, 2.24) is 0 Å². The molecule has 1 aliphatic rings. The number of ketones is 1. The van der Waals surface area contributed by atoms with E-state index >= 15 is 0 Å². The van der Waals surface area contributed by atoms with Gasteiger partial charge in [-0.1, -0.05) is 65.7 Å². The number of rotatable bonds is 7. The van der Waals surface area contributed by atoms with Crippen LogP contribution in [0.3, 0.4) is 0 Å². The third-order valence-electron chi connectivity index (χ3n) is 5.36. The van der Waals surface area contributed by atoms with Crippen molar-refractivity contribution in [2.24, 2.45) is 4.40 Å².